The van der Waals surface area contributed by atoms with E-state index in [1.54, 1.807) is 0 Å². The molecule has 0 aromatic carbocycles. The summed E-state index contributed by atoms with van der Waals surface area (Å²) in [5.41, 5.74) is 1.26. The summed E-state index contributed by atoms with van der Waals surface area (Å²) < 4.78 is 1.22. The molecule has 1 N–H and O–H groups in total. The number of aromatic nitrogens is 2. The summed E-state index contributed by atoms with van der Waals surface area (Å²) in [5.74, 6) is 3.59. The van der Waals surface area contributed by atoms with Crippen LogP contribution in [0.25, 0.3) is 0 Å². The minimum absolute atomic E-state index is 0.625. The fourth-order valence-electron chi connectivity index (χ4n) is 1.73. The first-order chi connectivity index (χ1) is 8.61. The van der Waals surface area contributed by atoms with Crippen LogP contribution in [-0.2, 0) is 5.75 Å². The number of nitrogens with zero attached hydrogens (tertiary/aromatic N) is 2. The zero-order chi connectivity index (χ0) is 13.1. The van der Waals surface area contributed by atoms with Crippen LogP contribution in [0, 0.1) is 3.57 Å². The van der Waals surface area contributed by atoms with E-state index < -0.39 is 0 Å². The maximum atomic E-state index is 4.77. The van der Waals surface area contributed by atoms with Crippen LogP contribution in [0.3, 0.4) is 0 Å². The molecule has 5 heteroatoms. The first kappa shape index (κ1) is 14.4. The zero-order valence-electron chi connectivity index (χ0n) is 11.2. The molecule has 18 heavy (non-hydrogen) atoms. The highest BCUT2D eigenvalue weighted by atomic mass is 127. The number of thioether (sulfide) groups is 1. The lowest BCUT2D eigenvalue weighted by Crippen LogP contribution is -2.09. The summed E-state index contributed by atoms with van der Waals surface area (Å²) in [7, 11) is 0. The Bertz CT molecular complexity index is 419. The van der Waals surface area contributed by atoms with Crippen molar-refractivity contribution < 1.29 is 0 Å². The van der Waals surface area contributed by atoms with Crippen LogP contribution in [0.2, 0.25) is 0 Å². The molecule has 1 heterocycles. The number of nitrogens with one attached hydrogen (secondary N) is 1. The summed E-state index contributed by atoms with van der Waals surface area (Å²) in [5, 5.41) is 3.98. The molecular formula is C13H20IN3S. The number of halogens is 1. The summed E-state index contributed by atoms with van der Waals surface area (Å²) in [6, 6.07) is 0. The topological polar surface area (TPSA) is 37.8 Å². The SMILES string of the molecule is CCNc1nc(CSC(C)C)nc(C2CC2)c1I. The number of hydrogen-bond acceptors (Lipinski definition) is 4. The van der Waals surface area contributed by atoms with E-state index in [9.17, 15) is 0 Å². The third-order valence-electron chi connectivity index (χ3n) is 2.78. The Labute approximate surface area is 127 Å². The molecular weight excluding hydrogens is 357 g/mol. The Kier molecular flexibility index (Phi) is 5.12. The van der Waals surface area contributed by atoms with Crippen LogP contribution in [0.15, 0.2) is 0 Å². The van der Waals surface area contributed by atoms with Crippen molar-refractivity contribution in [3.05, 3.63) is 15.1 Å². The van der Waals surface area contributed by atoms with Crippen molar-refractivity contribution in [2.45, 2.75) is 50.5 Å². The monoisotopic (exact) mass is 377 g/mol. The zero-order valence-corrected chi connectivity index (χ0v) is 14.1. The van der Waals surface area contributed by atoms with Gasteiger partial charge >= 0.3 is 0 Å². The summed E-state index contributed by atoms with van der Waals surface area (Å²) in [6.45, 7) is 7.44. The minimum Gasteiger partial charge on any atom is -0.369 e. The van der Waals surface area contributed by atoms with Gasteiger partial charge in [-0.1, -0.05) is 13.8 Å². The van der Waals surface area contributed by atoms with Gasteiger partial charge in [0.2, 0.25) is 0 Å². The van der Waals surface area contributed by atoms with Gasteiger partial charge in [-0.3, -0.25) is 0 Å². The van der Waals surface area contributed by atoms with Crippen molar-refractivity contribution in [3.8, 4) is 0 Å². The van der Waals surface area contributed by atoms with E-state index in [4.69, 9.17) is 4.98 Å². The molecule has 1 aromatic rings. The fraction of sp³-hybridized carbons (Fsp3) is 0.692. The van der Waals surface area contributed by atoms with E-state index in [0.717, 1.165) is 23.9 Å². The number of anilines is 1. The highest BCUT2D eigenvalue weighted by molar-refractivity contribution is 14.1. The van der Waals surface area contributed by atoms with Crippen LogP contribution in [0.5, 0.6) is 0 Å². The third-order valence-corrected chi connectivity index (χ3v) is 4.93. The van der Waals surface area contributed by atoms with Gasteiger partial charge in [0.25, 0.3) is 0 Å². The maximum absolute atomic E-state index is 4.77. The second-order valence-electron chi connectivity index (χ2n) is 4.85. The molecule has 1 saturated carbocycles. The summed E-state index contributed by atoms with van der Waals surface area (Å²) >= 11 is 4.29. The van der Waals surface area contributed by atoms with Crippen LogP contribution in [0.1, 0.15) is 51.0 Å². The standard InChI is InChI=1S/C13H20IN3S/c1-4-15-13-11(14)12(9-5-6-9)16-10(17-13)7-18-8(2)3/h8-9H,4-7H2,1-3H3,(H,15,16,17). The number of hydrogen-bond donors (Lipinski definition) is 1. The molecule has 0 saturated heterocycles. The molecule has 0 spiro atoms. The lowest BCUT2D eigenvalue weighted by atomic mass is 10.2. The Morgan fingerprint density at radius 1 is 1.39 bits per heavy atom. The second-order valence-corrected chi connectivity index (χ2v) is 7.50. The molecule has 0 unspecified atom stereocenters. The van der Waals surface area contributed by atoms with Gasteiger partial charge in [-0.05, 0) is 47.6 Å². The van der Waals surface area contributed by atoms with E-state index >= 15 is 0 Å². The van der Waals surface area contributed by atoms with Gasteiger partial charge in [-0.25, -0.2) is 9.97 Å². The van der Waals surface area contributed by atoms with E-state index in [0.29, 0.717) is 11.2 Å². The highest BCUT2D eigenvalue weighted by Crippen LogP contribution is 2.42. The quantitative estimate of drug-likeness (QED) is 0.760. The Balaban J connectivity index is 2.23. The van der Waals surface area contributed by atoms with Crippen LogP contribution in [-0.4, -0.2) is 21.8 Å². The van der Waals surface area contributed by atoms with Gasteiger partial charge in [0.1, 0.15) is 11.6 Å². The molecule has 0 atom stereocenters. The van der Waals surface area contributed by atoms with Crippen LogP contribution >= 0.6 is 34.4 Å². The van der Waals surface area contributed by atoms with E-state index in [2.05, 4.69) is 53.7 Å². The molecule has 1 fully saturated rings. The summed E-state index contributed by atoms with van der Waals surface area (Å²) in [6.07, 6.45) is 2.57. The van der Waals surface area contributed by atoms with E-state index in [1.807, 2.05) is 11.8 Å². The van der Waals surface area contributed by atoms with E-state index in [-0.39, 0.29) is 0 Å². The van der Waals surface area contributed by atoms with Crippen LogP contribution < -0.4 is 5.32 Å². The molecule has 0 radical (unpaired) electrons. The molecule has 1 aliphatic carbocycles. The average molecular weight is 377 g/mol. The Morgan fingerprint density at radius 2 is 2.11 bits per heavy atom. The van der Waals surface area contributed by atoms with Gasteiger partial charge in [-0.2, -0.15) is 11.8 Å². The van der Waals surface area contributed by atoms with Crippen molar-refractivity contribution in [2.24, 2.45) is 0 Å². The average Bonchev–Trinajstić information content (AvgIpc) is 3.14. The smallest absolute Gasteiger partial charge is 0.143 e. The number of rotatable bonds is 6. The molecule has 1 aliphatic rings. The molecule has 1 aromatic heterocycles. The predicted octanol–water partition coefficient (Wildman–Crippen LogP) is 4.03. The van der Waals surface area contributed by atoms with Gasteiger partial charge in [0.15, 0.2) is 0 Å². The molecule has 2 rings (SSSR count). The van der Waals surface area contributed by atoms with Crippen LogP contribution in [0.4, 0.5) is 5.82 Å². The lowest BCUT2D eigenvalue weighted by Gasteiger charge is -2.12. The van der Waals surface area contributed by atoms with E-state index in [1.165, 1.54) is 22.1 Å². The Hall–Kier alpha value is -0.0400. The molecule has 0 aliphatic heterocycles. The maximum Gasteiger partial charge on any atom is 0.143 e. The molecule has 0 amide bonds. The van der Waals surface area contributed by atoms with Gasteiger partial charge < -0.3 is 5.32 Å². The van der Waals surface area contributed by atoms with Gasteiger partial charge in [0, 0.05) is 12.5 Å². The summed E-state index contributed by atoms with van der Waals surface area (Å²) in [4.78, 5) is 9.42. The minimum atomic E-state index is 0.625. The van der Waals surface area contributed by atoms with Crippen molar-refractivity contribution in [1.82, 2.24) is 9.97 Å². The highest BCUT2D eigenvalue weighted by Gasteiger charge is 2.29. The van der Waals surface area contributed by atoms with Crippen molar-refractivity contribution >= 4 is 40.2 Å². The lowest BCUT2D eigenvalue weighted by molar-refractivity contribution is 0.913. The second kappa shape index (κ2) is 6.41. The Morgan fingerprint density at radius 3 is 2.67 bits per heavy atom. The normalized spacial score (nSPS) is 15.2. The third kappa shape index (κ3) is 3.73. The molecule has 100 valence electrons. The van der Waals surface area contributed by atoms with Gasteiger partial charge in [-0.15, -0.1) is 0 Å². The van der Waals surface area contributed by atoms with Crippen molar-refractivity contribution in [2.75, 3.05) is 11.9 Å². The van der Waals surface area contributed by atoms with Crippen molar-refractivity contribution in [3.63, 3.8) is 0 Å². The first-order valence-corrected chi connectivity index (χ1v) is 8.66. The molecule has 0 bridgehead atoms. The predicted molar refractivity (Wildman–Crippen MR) is 87.3 cm³/mol. The van der Waals surface area contributed by atoms with Crippen molar-refractivity contribution in [1.29, 1.82) is 0 Å². The largest absolute Gasteiger partial charge is 0.369 e. The first-order valence-electron chi connectivity index (χ1n) is 6.53. The molecule has 3 nitrogen and oxygen atoms in total. The fourth-order valence-corrected chi connectivity index (χ4v) is 3.21. The van der Waals surface area contributed by atoms with Gasteiger partial charge in [0.05, 0.1) is 15.0 Å².